The summed E-state index contributed by atoms with van der Waals surface area (Å²) < 4.78 is 19.2. The van der Waals surface area contributed by atoms with E-state index in [9.17, 15) is 9.18 Å². The van der Waals surface area contributed by atoms with Gasteiger partial charge in [0.25, 0.3) is 5.91 Å². The predicted octanol–water partition coefficient (Wildman–Crippen LogP) is 2.24. The van der Waals surface area contributed by atoms with E-state index in [1.165, 1.54) is 12.1 Å². The van der Waals surface area contributed by atoms with Crippen LogP contribution in [0.15, 0.2) is 12.1 Å². The van der Waals surface area contributed by atoms with Gasteiger partial charge in [-0.1, -0.05) is 11.6 Å². The molecule has 1 amide bonds. The number of amides is 1. The van der Waals surface area contributed by atoms with Gasteiger partial charge in [0.05, 0.1) is 23.3 Å². The van der Waals surface area contributed by atoms with Crippen molar-refractivity contribution < 1.29 is 13.9 Å². The summed E-state index contributed by atoms with van der Waals surface area (Å²) in [5, 5.41) is 3.52. The Morgan fingerprint density at radius 2 is 2.33 bits per heavy atom. The fourth-order valence-corrected chi connectivity index (χ4v) is 2.56. The summed E-state index contributed by atoms with van der Waals surface area (Å²) in [5.74, 6) is -0.696. The fourth-order valence-electron chi connectivity index (χ4n) is 2.26. The van der Waals surface area contributed by atoms with Crippen LogP contribution in [0, 0.1) is 12.7 Å². The van der Waals surface area contributed by atoms with Crippen molar-refractivity contribution in [1.82, 2.24) is 10.2 Å². The average molecular weight is 315 g/mol. The normalized spacial score (nSPS) is 18.6. The molecule has 0 saturated carbocycles. The lowest BCUT2D eigenvalue weighted by Crippen LogP contribution is -2.40. The summed E-state index contributed by atoms with van der Waals surface area (Å²) in [6.07, 6.45) is 0.848. The second-order valence-electron chi connectivity index (χ2n) is 5.29. The Morgan fingerprint density at radius 1 is 1.57 bits per heavy atom. The second-order valence-corrected chi connectivity index (χ2v) is 5.70. The summed E-state index contributed by atoms with van der Waals surface area (Å²) in [5.41, 5.74) is 0.630. The molecule has 0 aliphatic carbocycles. The molecule has 1 aromatic carbocycles. The smallest absolute Gasteiger partial charge is 0.255 e. The summed E-state index contributed by atoms with van der Waals surface area (Å²) in [4.78, 5) is 13.9. The van der Waals surface area contributed by atoms with Crippen molar-refractivity contribution in [2.24, 2.45) is 0 Å². The maximum atomic E-state index is 13.6. The molecule has 0 aromatic heterocycles. The zero-order valence-corrected chi connectivity index (χ0v) is 13.0. The average Bonchev–Trinajstić information content (AvgIpc) is 2.49. The predicted molar refractivity (Wildman–Crippen MR) is 80.3 cm³/mol. The number of nitrogens with one attached hydrogen (secondary N) is 1. The van der Waals surface area contributed by atoms with Gasteiger partial charge in [0.15, 0.2) is 0 Å². The van der Waals surface area contributed by atoms with Gasteiger partial charge in [0, 0.05) is 26.7 Å². The number of hydrogen-bond donors (Lipinski definition) is 1. The standard InChI is InChI=1S/C15H20ClFN2O2/c1-10-7-13(16)12(8-14(10)17)15(20)19(2)5-3-11-9-18-4-6-21-11/h7-8,11,18H,3-6,9H2,1-2H3. The molecule has 2 rings (SSSR count). The van der Waals surface area contributed by atoms with Crippen LogP contribution in [-0.4, -0.2) is 50.2 Å². The van der Waals surface area contributed by atoms with E-state index in [2.05, 4.69) is 5.32 Å². The van der Waals surface area contributed by atoms with Crippen LogP contribution in [0.2, 0.25) is 5.02 Å². The number of hydrogen-bond acceptors (Lipinski definition) is 3. The highest BCUT2D eigenvalue weighted by atomic mass is 35.5. The molecule has 1 heterocycles. The molecule has 1 fully saturated rings. The molecule has 1 aliphatic heterocycles. The second kappa shape index (κ2) is 7.20. The van der Waals surface area contributed by atoms with Gasteiger partial charge in [-0.2, -0.15) is 0 Å². The van der Waals surface area contributed by atoms with Gasteiger partial charge in [-0.25, -0.2) is 4.39 Å². The van der Waals surface area contributed by atoms with Crippen molar-refractivity contribution in [2.75, 3.05) is 33.3 Å². The molecule has 1 N–H and O–H groups in total. The Morgan fingerprint density at radius 3 is 3.00 bits per heavy atom. The zero-order chi connectivity index (χ0) is 15.4. The molecule has 1 unspecified atom stereocenters. The molecular formula is C15H20ClFN2O2. The van der Waals surface area contributed by atoms with Gasteiger partial charge in [-0.15, -0.1) is 0 Å². The van der Waals surface area contributed by atoms with E-state index < -0.39 is 5.82 Å². The van der Waals surface area contributed by atoms with Crippen molar-refractivity contribution in [2.45, 2.75) is 19.4 Å². The SMILES string of the molecule is Cc1cc(Cl)c(C(=O)N(C)CCC2CNCCO2)cc1F. The molecule has 1 saturated heterocycles. The first kappa shape index (κ1) is 16.2. The number of ether oxygens (including phenoxy) is 1. The van der Waals surface area contributed by atoms with Crippen LogP contribution in [0.5, 0.6) is 0 Å². The van der Waals surface area contributed by atoms with Crippen molar-refractivity contribution in [1.29, 1.82) is 0 Å². The quantitative estimate of drug-likeness (QED) is 0.926. The monoisotopic (exact) mass is 314 g/mol. The molecule has 21 heavy (non-hydrogen) atoms. The van der Waals surface area contributed by atoms with Crippen LogP contribution in [0.3, 0.4) is 0 Å². The molecule has 116 valence electrons. The third-order valence-corrected chi connectivity index (χ3v) is 3.93. The minimum absolute atomic E-state index is 0.110. The molecule has 4 nitrogen and oxygen atoms in total. The lowest BCUT2D eigenvalue weighted by atomic mass is 10.1. The third kappa shape index (κ3) is 4.15. The number of morpholine rings is 1. The highest BCUT2D eigenvalue weighted by Crippen LogP contribution is 2.22. The number of carbonyl (C=O) groups excluding carboxylic acids is 1. The first-order chi connectivity index (χ1) is 9.99. The van der Waals surface area contributed by atoms with E-state index in [4.69, 9.17) is 16.3 Å². The minimum atomic E-state index is -0.420. The summed E-state index contributed by atoms with van der Waals surface area (Å²) in [7, 11) is 1.69. The van der Waals surface area contributed by atoms with Crippen LogP contribution in [0.1, 0.15) is 22.3 Å². The molecule has 6 heteroatoms. The number of halogens is 2. The lowest BCUT2D eigenvalue weighted by Gasteiger charge is -2.26. The lowest BCUT2D eigenvalue weighted by molar-refractivity contribution is 0.0187. The van der Waals surface area contributed by atoms with Gasteiger partial charge >= 0.3 is 0 Å². The molecule has 0 bridgehead atoms. The van der Waals surface area contributed by atoms with Crippen LogP contribution in [0.25, 0.3) is 0 Å². The van der Waals surface area contributed by atoms with E-state index in [0.29, 0.717) is 18.7 Å². The number of benzene rings is 1. The Balaban J connectivity index is 1.97. The summed E-state index contributed by atoms with van der Waals surface area (Å²) in [6, 6.07) is 2.68. The molecule has 1 aromatic rings. The van der Waals surface area contributed by atoms with E-state index in [0.717, 1.165) is 19.5 Å². The van der Waals surface area contributed by atoms with Gasteiger partial charge in [0.1, 0.15) is 5.82 Å². The third-order valence-electron chi connectivity index (χ3n) is 3.62. The number of rotatable bonds is 4. The maximum absolute atomic E-state index is 13.6. The van der Waals surface area contributed by atoms with Gasteiger partial charge < -0.3 is 15.0 Å². The van der Waals surface area contributed by atoms with Crippen molar-refractivity contribution in [3.8, 4) is 0 Å². The Labute approximate surface area is 129 Å². The van der Waals surface area contributed by atoms with E-state index in [-0.39, 0.29) is 22.6 Å². The number of carbonyl (C=O) groups is 1. The number of aryl methyl sites for hydroxylation is 1. The molecule has 1 aliphatic rings. The first-order valence-electron chi connectivity index (χ1n) is 7.02. The molecule has 0 spiro atoms. The van der Waals surface area contributed by atoms with E-state index in [1.54, 1.807) is 18.9 Å². The fraction of sp³-hybridized carbons (Fsp3) is 0.533. The van der Waals surface area contributed by atoms with Gasteiger partial charge in [0.2, 0.25) is 0 Å². The van der Waals surface area contributed by atoms with Crippen LogP contribution >= 0.6 is 11.6 Å². The molecule has 1 atom stereocenters. The molecule has 0 radical (unpaired) electrons. The molecular weight excluding hydrogens is 295 g/mol. The summed E-state index contributed by atoms with van der Waals surface area (Å²) >= 11 is 6.04. The highest BCUT2D eigenvalue weighted by molar-refractivity contribution is 6.33. The minimum Gasteiger partial charge on any atom is -0.376 e. The van der Waals surface area contributed by atoms with Crippen LogP contribution < -0.4 is 5.32 Å². The maximum Gasteiger partial charge on any atom is 0.255 e. The Hall–Kier alpha value is -1.17. The first-order valence-corrected chi connectivity index (χ1v) is 7.40. The topological polar surface area (TPSA) is 41.6 Å². The largest absolute Gasteiger partial charge is 0.376 e. The zero-order valence-electron chi connectivity index (χ0n) is 12.3. The van der Waals surface area contributed by atoms with Gasteiger partial charge in [-0.3, -0.25) is 4.79 Å². The van der Waals surface area contributed by atoms with E-state index in [1.807, 2.05) is 0 Å². The van der Waals surface area contributed by atoms with Crippen molar-refractivity contribution in [3.63, 3.8) is 0 Å². The summed E-state index contributed by atoms with van der Waals surface area (Å²) in [6.45, 7) is 4.51. The van der Waals surface area contributed by atoms with E-state index >= 15 is 0 Å². The van der Waals surface area contributed by atoms with Crippen LogP contribution in [-0.2, 0) is 4.74 Å². The van der Waals surface area contributed by atoms with Crippen LogP contribution in [0.4, 0.5) is 4.39 Å². The highest BCUT2D eigenvalue weighted by Gasteiger charge is 2.19. The van der Waals surface area contributed by atoms with Crippen molar-refractivity contribution >= 4 is 17.5 Å². The van der Waals surface area contributed by atoms with Crippen molar-refractivity contribution in [3.05, 3.63) is 34.1 Å². The number of nitrogens with zero attached hydrogens (tertiary/aromatic N) is 1. The Kier molecular flexibility index (Phi) is 5.56. The Bertz CT molecular complexity index is 519. The van der Waals surface area contributed by atoms with Gasteiger partial charge in [-0.05, 0) is 31.0 Å².